The number of hydrogen-bond donors (Lipinski definition) is 0. The Kier molecular flexibility index (Phi) is 5.46. The van der Waals surface area contributed by atoms with E-state index in [1.807, 2.05) is 42.5 Å². The Morgan fingerprint density at radius 1 is 0.853 bits per heavy atom. The topological polar surface area (TPSA) is 21.4 Å². The van der Waals surface area contributed by atoms with Crippen molar-refractivity contribution < 1.29 is 8.98 Å². The minimum absolute atomic E-state index is 0.607. The van der Waals surface area contributed by atoms with E-state index in [1.165, 1.54) is 16.8 Å². The van der Waals surface area contributed by atoms with E-state index in [-0.39, 0.29) is 0 Å². The zero-order valence-corrected chi connectivity index (χ0v) is 20.4. The third-order valence-electron chi connectivity index (χ3n) is 6.83. The Hall–Kier alpha value is -3.90. The van der Waals surface area contributed by atoms with E-state index in [1.54, 1.807) is 0 Å². The summed E-state index contributed by atoms with van der Waals surface area (Å²) in [4.78, 5) is 3.81. The number of rotatable bonds is 4. The zero-order valence-electron chi connectivity index (χ0n) is 20.4. The van der Waals surface area contributed by atoms with Gasteiger partial charge in [-0.15, -0.1) is 0 Å². The predicted molar refractivity (Wildman–Crippen MR) is 140 cm³/mol. The van der Waals surface area contributed by atoms with Gasteiger partial charge in [-0.05, 0) is 36.5 Å². The largest absolute Gasteiger partial charge is 0.456 e. The standard InChI is InChI=1S/C31H29N2O/c1-19(2)18-23-13-17-27(33(6)21(23)4)28-20(3)12-14-24-25-15-16-26(32-5)29(31(25)34-30(24)28)22-10-8-7-9-11-22/h7-17,19H,18H2,1-4,6H3/q+1. The highest BCUT2D eigenvalue weighted by molar-refractivity contribution is 6.15. The lowest BCUT2D eigenvalue weighted by Crippen LogP contribution is -2.36. The van der Waals surface area contributed by atoms with Crippen molar-refractivity contribution >= 4 is 27.6 Å². The number of fused-ring (bicyclic) bond motifs is 3. The highest BCUT2D eigenvalue weighted by atomic mass is 16.3. The normalized spacial score (nSPS) is 11.4. The average molecular weight is 446 g/mol. The number of aromatic nitrogens is 1. The molecule has 2 aromatic heterocycles. The molecular weight excluding hydrogens is 416 g/mol. The minimum atomic E-state index is 0.607. The molecule has 3 heteroatoms. The fraction of sp³-hybridized carbons (Fsp3) is 0.226. The molecule has 0 bridgehead atoms. The van der Waals surface area contributed by atoms with Crippen molar-refractivity contribution in [2.45, 2.75) is 34.1 Å². The van der Waals surface area contributed by atoms with Gasteiger partial charge in [0.15, 0.2) is 11.4 Å². The van der Waals surface area contributed by atoms with Crippen molar-refractivity contribution in [3.63, 3.8) is 0 Å². The third kappa shape index (κ3) is 3.47. The van der Waals surface area contributed by atoms with Crippen molar-refractivity contribution in [2.75, 3.05) is 0 Å². The van der Waals surface area contributed by atoms with Gasteiger partial charge in [0, 0.05) is 34.9 Å². The second-order valence-electron chi connectivity index (χ2n) is 9.54. The second-order valence-corrected chi connectivity index (χ2v) is 9.54. The quantitative estimate of drug-likeness (QED) is 0.202. The summed E-state index contributed by atoms with van der Waals surface area (Å²) in [5.41, 5.74) is 10.2. The van der Waals surface area contributed by atoms with Gasteiger partial charge >= 0.3 is 0 Å². The fourth-order valence-corrected chi connectivity index (χ4v) is 5.00. The van der Waals surface area contributed by atoms with Crippen molar-refractivity contribution in [3.05, 3.63) is 95.0 Å². The zero-order chi connectivity index (χ0) is 24.0. The van der Waals surface area contributed by atoms with E-state index in [4.69, 9.17) is 11.0 Å². The highest BCUT2D eigenvalue weighted by Crippen LogP contribution is 2.44. The van der Waals surface area contributed by atoms with Crippen molar-refractivity contribution in [2.24, 2.45) is 13.0 Å². The molecule has 3 nitrogen and oxygen atoms in total. The van der Waals surface area contributed by atoms with Crippen LogP contribution < -0.4 is 4.57 Å². The van der Waals surface area contributed by atoms with Crippen LogP contribution in [0.3, 0.4) is 0 Å². The van der Waals surface area contributed by atoms with Crippen molar-refractivity contribution in [1.29, 1.82) is 0 Å². The molecule has 0 saturated heterocycles. The van der Waals surface area contributed by atoms with Crippen LogP contribution in [-0.4, -0.2) is 0 Å². The Morgan fingerprint density at radius 3 is 2.21 bits per heavy atom. The Morgan fingerprint density at radius 2 is 1.53 bits per heavy atom. The summed E-state index contributed by atoms with van der Waals surface area (Å²) in [6.45, 7) is 16.6. The van der Waals surface area contributed by atoms with Gasteiger partial charge in [-0.25, -0.2) is 4.85 Å². The molecule has 0 spiro atoms. The molecule has 0 fully saturated rings. The average Bonchev–Trinajstić information content (AvgIpc) is 3.21. The van der Waals surface area contributed by atoms with E-state index >= 15 is 0 Å². The molecule has 0 aliphatic rings. The molecule has 3 aromatic carbocycles. The summed E-state index contributed by atoms with van der Waals surface area (Å²) in [7, 11) is 2.14. The van der Waals surface area contributed by atoms with Crippen LogP contribution >= 0.6 is 0 Å². The highest BCUT2D eigenvalue weighted by Gasteiger charge is 2.24. The van der Waals surface area contributed by atoms with Gasteiger partial charge in [0.1, 0.15) is 18.2 Å². The number of nitrogens with zero attached hydrogens (tertiary/aromatic N) is 2. The first-order chi connectivity index (χ1) is 16.4. The van der Waals surface area contributed by atoms with Crippen LogP contribution in [0, 0.1) is 26.3 Å². The van der Waals surface area contributed by atoms with Gasteiger partial charge in [-0.3, -0.25) is 0 Å². The summed E-state index contributed by atoms with van der Waals surface area (Å²) < 4.78 is 8.97. The SMILES string of the molecule is [C-]#[N+]c1ccc2c(oc3c(-c4ccc(CC(C)C)c(C)[n+]4C)c(C)ccc32)c1-c1ccccc1. The summed E-state index contributed by atoms with van der Waals surface area (Å²) in [6.07, 6.45) is 1.06. The molecule has 0 unspecified atom stereocenters. The van der Waals surface area contributed by atoms with Gasteiger partial charge in [-0.1, -0.05) is 68.4 Å². The Bertz CT molecular complexity index is 1580. The molecule has 168 valence electrons. The number of aryl methyl sites for hydroxylation is 1. The molecule has 5 rings (SSSR count). The van der Waals surface area contributed by atoms with E-state index in [0.717, 1.165) is 50.7 Å². The lowest BCUT2D eigenvalue weighted by atomic mass is 9.96. The monoisotopic (exact) mass is 445 g/mol. The summed E-state index contributed by atoms with van der Waals surface area (Å²) in [6, 6.07) is 22.8. The van der Waals surface area contributed by atoms with E-state index in [0.29, 0.717) is 11.6 Å². The first-order valence-corrected chi connectivity index (χ1v) is 11.8. The van der Waals surface area contributed by atoms with Gasteiger partial charge in [0.05, 0.1) is 12.1 Å². The molecule has 0 amide bonds. The predicted octanol–water partition coefficient (Wildman–Crippen LogP) is 8.11. The number of benzene rings is 3. The third-order valence-corrected chi connectivity index (χ3v) is 6.83. The summed E-state index contributed by atoms with van der Waals surface area (Å²) >= 11 is 0. The molecule has 0 aliphatic heterocycles. The molecule has 2 heterocycles. The molecule has 0 radical (unpaired) electrons. The van der Waals surface area contributed by atoms with Crippen LogP contribution in [0.15, 0.2) is 71.1 Å². The summed E-state index contributed by atoms with van der Waals surface area (Å²) in [5, 5.41) is 2.12. The van der Waals surface area contributed by atoms with E-state index in [9.17, 15) is 0 Å². The van der Waals surface area contributed by atoms with Gasteiger partial charge in [0.2, 0.25) is 5.69 Å². The molecule has 5 aromatic rings. The maximum atomic E-state index is 7.75. The number of hydrogen-bond acceptors (Lipinski definition) is 1. The van der Waals surface area contributed by atoms with Crippen molar-refractivity contribution in [3.8, 4) is 22.4 Å². The van der Waals surface area contributed by atoms with Crippen LogP contribution in [0.4, 0.5) is 5.69 Å². The minimum Gasteiger partial charge on any atom is -0.456 e. The lowest BCUT2D eigenvalue weighted by molar-refractivity contribution is -0.667. The Labute approximate surface area is 201 Å². The molecular formula is C31H29N2O+. The van der Waals surface area contributed by atoms with Crippen LogP contribution in [0.25, 0.3) is 49.2 Å². The smallest absolute Gasteiger partial charge is 0.216 e. The lowest BCUT2D eigenvalue weighted by Gasteiger charge is -2.11. The van der Waals surface area contributed by atoms with Crippen LogP contribution in [0.1, 0.15) is 30.7 Å². The van der Waals surface area contributed by atoms with Gasteiger partial charge in [0.25, 0.3) is 0 Å². The first-order valence-electron chi connectivity index (χ1n) is 11.8. The molecule has 0 atom stereocenters. The first kappa shape index (κ1) is 21.9. The van der Waals surface area contributed by atoms with Gasteiger partial charge < -0.3 is 4.42 Å². The Balaban J connectivity index is 1.83. The molecule has 0 aliphatic carbocycles. The van der Waals surface area contributed by atoms with E-state index in [2.05, 4.69) is 68.4 Å². The van der Waals surface area contributed by atoms with E-state index < -0.39 is 0 Å². The molecule has 34 heavy (non-hydrogen) atoms. The fourth-order valence-electron chi connectivity index (χ4n) is 5.00. The maximum Gasteiger partial charge on any atom is 0.216 e. The van der Waals surface area contributed by atoms with Crippen LogP contribution in [-0.2, 0) is 13.5 Å². The summed E-state index contributed by atoms with van der Waals surface area (Å²) in [5.74, 6) is 0.609. The number of furan rings is 1. The molecule has 0 N–H and O–H groups in total. The second kappa shape index (κ2) is 8.47. The van der Waals surface area contributed by atoms with Crippen molar-refractivity contribution in [1.82, 2.24) is 0 Å². The van der Waals surface area contributed by atoms with Crippen LogP contribution in [0.2, 0.25) is 0 Å². The van der Waals surface area contributed by atoms with Gasteiger partial charge in [-0.2, -0.15) is 4.57 Å². The number of pyridine rings is 1. The van der Waals surface area contributed by atoms with Crippen LogP contribution in [0.5, 0.6) is 0 Å². The molecule has 0 saturated carbocycles. The maximum absolute atomic E-state index is 7.75.